The highest BCUT2D eigenvalue weighted by atomic mass is 32.2. The van der Waals surface area contributed by atoms with Gasteiger partial charge in [0.1, 0.15) is 5.82 Å². The number of hydrogen-bond donors (Lipinski definition) is 0. The Morgan fingerprint density at radius 3 is 2.93 bits per heavy atom. The highest BCUT2D eigenvalue weighted by Gasteiger charge is 2.21. The molecule has 0 aliphatic carbocycles. The van der Waals surface area contributed by atoms with Crippen molar-refractivity contribution in [2.45, 2.75) is 36.4 Å². The van der Waals surface area contributed by atoms with Gasteiger partial charge in [-0.2, -0.15) is 0 Å². The summed E-state index contributed by atoms with van der Waals surface area (Å²) in [7, 11) is 1.31. The van der Waals surface area contributed by atoms with Crippen molar-refractivity contribution in [1.82, 2.24) is 9.55 Å². The summed E-state index contributed by atoms with van der Waals surface area (Å²) in [4.78, 5) is 29.8. The number of carbonyl (C=O) groups is 1. The summed E-state index contributed by atoms with van der Waals surface area (Å²) < 4.78 is 25.6. The zero-order valence-corrected chi connectivity index (χ0v) is 17.3. The van der Waals surface area contributed by atoms with E-state index in [2.05, 4.69) is 4.98 Å². The van der Waals surface area contributed by atoms with Crippen LogP contribution in [0.2, 0.25) is 0 Å². The number of aromatic nitrogens is 2. The third-order valence-corrected chi connectivity index (χ3v) is 6.06. The third-order valence-electron chi connectivity index (χ3n) is 5.01. The first-order chi connectivity index (χ1) is 14.5. The molecular formula is C22H21FN2O4S. The van der Waals surface area contributed by atoms with Crippen LogP contribution in [0.1, 0.15) is 28.8 Å². The topological polar surface area (TPSA) is 70.4 Å². The van der Waals surface area contributed by atoms with Gasteiger partial charge in [-0.25, -0.2) is 14.2 Å². The van der Waals surface area contributed by atoms with E-state index in [1.54, 1.807) is 28.8 Å². The molecule has 2 heterocycles. The second kappa shape index (κ2) is 8.97. The molecule has 1 saturated heterocycles. The van der Waals surface area contributed by atoms with Gasteiger partial charge in [0, 0.05) is 12.4 Å². The number of carbonyl (C=O) groups excluding carboxylic acids is 1. The summed E-state index contributed by atoms with van der Waals surface area (Å²) in [5.74, 6) is -0.340. The molecule has 156 valence electrons. The number of ether oxygens (including phenoxy) is 2. The molecule has 1 aliphatic heterocycles. The van der Waals surface area contributed by atoms with Crippen LogP contribution in [0.4, 0.5) is 4.39 Å². The minimum absolute atomic E-state index is 0.0372. The second-order valence-corrected chi connectivity index (χ2v) is 8.03. The standard InChI is InChI=1S/C22H21FN2O4S/c1-28-21(27)15-7-8-18-19(11-15)24-22(30-13-14-4-2-5-16(23)10-14)25(20(18)26)12-17-6-3-9-29-17/h2,4-5,7-8,10-11,17H,3,6,9,12-13H2,1H3. The highest BCUT2D eigenvalue weighted by molar-refractivity contribution is 7.98. The van der Waals surface area contributed by atoms with E-state index in [9.17, 15) is 14.0 Å². The highest BCUT2D eigenvalue weighted by Crippen LogP contribution is 2.25. The van der Waals surface area contributed by atoms with Crippen LogP contribution in [0.5, 0.6) is 0 Å². The Hall–Kier alpha value is -2.71. The Balaban J connectivity index is 1.74. The predicted octanol–water partition coefficient (Wildman–Crippen LogP) is 3.79. The van der Waals surface area contributed by atoms with E-state index in [-0.39, 0.29) is 17.5 Å². The summed E-state index contributed by atoms with van der Waals surface area (Å²) >= 11 is 1.35. The molecule has 1 atom stereocenters. The Kier molecular flexibility index (Phi) is 6.15. The molecule has 0 saturated carbocycles. The van der Waals surface area contributed by atoms with Crippen LogP contribution in [0.25, 0.3) is 10.9 Å². The Bertz CT molecular complexity index is 1140. The second-order valence-electron chi connectivity index (χ2n) is 7.09. The lowest BCUT2D eigenvalue weighted by atomic mass is 10.1. The summed E-state index contributed by atoms with van der Waals surface area (Å²) in [5.41, 5.74) is 1.36. The molecule has 6 nitrogen and oxygen atoms in total. The number of methoxy groups -OCH3 is 1. The molecule has 4 rings (SSSR count). The van der Waals surface area contributed by atoms with Crippen molar-refractivity contribution >= 4 is 28.6 Å². The molecule has 30 heavy (non-hydrogen) atoms. The summed E-state index contributed by atoms with van der Waals surface area (Å²) in [6.45, 7) is 1.10. The van der Waals surface area contributed by atoms with Crippen LogP contribution >= 0.6 is 11.8 Å². The first kappa shape index (κ1) is 20.6. The van der Waals surface area contributed by atoms with Crippen molar-refractivity contribution in [1.29, 1.82) is 0 Å². The molecule has 2 aromatic carbocycles. The summed E-state index contributed by atoms with van der Waals surface area (Å²) in [5, 5.41) is 0.935. The molecule has 0 bridgehead atoms. The van der Waals surface area contributed by atoms with Crippen LogP contribution in [0.3, 0.4) is 0 Å². The molecule has 0 amide bonds. The van der Waals surface area contributed by atoms with Gasteiger partial charge in [-0.1, -0.05) is 23.9 Å². The van der Waals surface area contributed by atoms with Crippen molar-refractivity contribution in [3.8, 4) is 0 Å². The van der Waals surface area contributed by atoms with Gasteiger partial charge in [0.05, 0.1) is 36.2 Å². The summed E-state index contributed by atoms with van der Waals surface area (Å²) in [6, 6.07) is 11.1. The van der Waals surface area contributed by atoms with Crippen LogP contribution < -0.4 is 5.56 Å². The Labute approximate surface area is 177 Å². The minimum Gasteiger partial charge on any atom is -0.465 e. The molecule has 0 radical (unpaired) electrons. The van der Waals surface area contributed by atoms with E-state index in [4.69, 9.17) is 9.47 Å². The maximum Gasteiger partial charge on any atom is 0.337 e. The van der Waals surface area contributed by atoms with Gasteiger partial charge in [0.25, 0.3) is 5.56 Å². The lowest BCUT2D eigenvalue weighted by molar-refractivity contribution is 0.0601. The normalized spacial score (nSPS) is 16.1. The van der Waals surface area contributed by atoms with Gasteiger partial charge in [0.2, 0.25) is 0 Å². The molecule has 0 spiro atoms. The fraction of sp³-hybridized carbons (Fsp3) is 0.318. The van der Waals surface area contributed by atoms with E-state index in [1.807, 2.05) is 6.07 Å². The summed E-state index contributed by atoms with van der Waals surface area (Å²) in [6.07, 6.45) is 1.82. The fourth-order valence-electron chi connectivity index (χ4n) is 3.48. The number of nitrogens with zero attached hydrogens (tertiary/aromatic N) is 2. The van der Waals surface area contributed by atoms with E-state index in [0.717, 1.165) is 18.4 Å². The van der Waals surface area contributed by atoms with Crippen molar-refractivity contribution in [2.24, 2.45) is 0 Å². The van der Waals surface area contributed by atoms with Gasteiger partial charge >= 0.3 is 5.97 Å². The smallest absolute Gasteiger partial charge is 0.337 e. The molecule has 1 aromatic heterocycles. The number of hydrogen-bond acceptors (Lipinski definition) is 6. The van der Waals surface area contributed by atoms with E-state index < -0.39 is 5.97 Å². The number of thioether (sulfide) groups is 1. The number of benzene rings is 2. The third kappa shape index (κ3) is 4.39. The maximum atomic E-state index is 13.5. The number of fused-ring (bicyclic) bond motifs is 1. The predicted molar refractivity (Wildman–Crippen MR) is 112 cm³/mol. The average Bonchev–Trinajstić information content (AvgIpc) is 3.27. The largest absolute Gasteiger partial charge is 0.465 e. The van der Waals surface area contributed by atoms with Gasteiger partial charge < -0.3 is 9.47 Å². The fourth-order valence-corrected chi connectivity index (χ4v) is 4.43. The maximum absolute atomic E-state index is 13.5. The van der Waals surface area contributed by atoms with Gasteiger partial charge in [-0.15, -0.1) is 0 Å². The Morgan fingerprint density at radius 1 is 1.33 bits per heavy atom. The lowest BCUT2D eigenvalue weighted by Gasteiger charge is -2.16. The van der Waals surface area contributed by atoms with E-state index in [1.165, 1.54) is 31.0 Å². The van der Waals surface area contributed by atoms with Gasteiger partial charge in [-0.05, 0) is 48.7 Å². The Morgan fingerprint density at radius 2 is 2.20 bits per heavy atom. The van der Waals surface area contributed by atoms with E-state index in [0.29, 0.717) is 40.5 Å². The number of rotatable bonds is 6. The monoisotopic (exact) mass is 428 g/mol. The first-order valence-electron chi connectivity index (χ1n) is 9.67. The van der Waals surface area contributed by atoms with Crippen LogP contribution in [0.15, 0.2) is 52.4 Å². The average molecular weight is 428 g/mol. The van der Waals surface area contributed by atoms with E-state index >= 15 is 0 Å². The van der Waals surface area contributed by atoms with Crippen LogP contribution in [-0.4, -0.2) is 35.3 Å². The lowest BCUT2D eigenvalue weighted by Crippen LogP contribution is -2.29. The van der Waals surface area contributed by atoms with Crippen molar-refractivity contribution < 1.29 is 18.7 Å². The van der Waals surface area contributed by atoms with Crippen molar-refractivity contribution in [3.63, 3.8) is 0 Å². The van der Waals surface area contributed by atoms with Crippen LogP contribution in [0, 0.1) is 5.82 Å². The molecule has 1 unspecified atom stereocenters. The molecular weight excluding hydrogens is 407 g/mol. The van der Waals surface area contributed by atoms with Crippen LogP contribution in [-0.2, 0) is 21.8 Å². The molecule has 1 aliphatic rings. The van der Waals surface area contributed by atoms with Gasteiger partial charge in [-0.3, -0.25) is 9.36 Å². The minimum atomic E-state index is -0.490. The zero-order chi connectivity index (χ0) is 21.1. The number of halogens is 1. The SMILES string of the molecule is COC(=O)c1ccc2c(=O)n(CC3CCCO3)c(SCc3cccc(F)c3)nc2c1. The molecule has 8 heteroatoms. The van der Waals surface area contributed by atoms with Crippen molar-refractivity contribution in [2.75, 3.05) is 13.7 Å². The number of esters is 1. The first-order valence-corrected chi connectivity index (χ1v) is 10.7. The van der Waals surface area contributed by atoms with Crippen molar-refractivity contribution in [3.05, 3.63) is 69.8 Å². The van der Waals surface area contributed by atoms with Gasteiger partial charge in [0.15, 0.2) is 5.16 Å². The molecule has 0 N–H and O–H groups in total. The quantitative estimate of drug-likeness (QED) is 0.338. The molecule has 1 fully saturated rings. The zero-order valence-electron chi connectivity index (χ0n) is 16.5. The molecule has 3 aromatic rings.